The average molecular weight is 237 g/mol. The Morgan fingerprint density at radius 1 is 1.65 bits per heavy atom. The lowest BCUT2D eigenvalue weighted by Crippen LogP contribution is -2.27. The van der Waals surface area contributed by atoms with Gasteiger partial charge in [0.25, 0.3) is 0 Å². The van der Waals surface area contributed by atoms with Crippen LogP contribution in [0.15, 0.2) is 18.3 Å². The first-order chi connectivity index (χ1) is 8.17. The molecule has 0 spiro atoms. The molecular weight excluding hydrogens is 218 g/mol. The van der Waals surface area contributed by atoms with Crippen LogP contribution in [-0.2, 0) is 4.79 Å². The number of rotatable bonds is 6. The Kier molecular flexibility index (Phi) is 5.42. The first-order valence-electron chi connectivity index (χ1n) is 5.71. The Morgan fingerprint density at radius 2 is 2.41 bits per heavy atom. The van der Waals surface area contributed by atoms with Gasteiger partial charge in [-0.3, -0.25) is 4.79 Å². The molecule has 1 rings (SSSR count). The minimum atomic E-state index is -0.114. The molecule has 0 saturated carbocycles. The molecule has 0 aliphatic heterocycles. The number of hydrogen-bond acceptors (Lipinski definition) is 4. The van der Waals surface area contributed by atoms with Crippen molar-refractivity contribution in [1.82, 2.24) is 4.98 Å². The van der Waals surface area contributed by atoms with Gasteiger partial charge in [0, 0.05) is 18.7 Å². The van der Waals surface area contributed by atoms with E-state index in [2.05, 4.69) is 10.3 Å². The predicted octanol–water partition coefficient (Wildman–Crippen LogP) is 1.55. The summed E-state index contributed by atoms with van der Waals surface area (Å²) in [4.78, 5) is 15.7. The summed E-state index contributed by atoms with van der Waals surface area (Å²) in [5, 5.41) is 2.74. The van der Waals surface area contributed by atoms with Crippen molar-refractivity contribution >= 4 is 11.6 Å². The first kappa shape index (κ1) is 13.4. The largest absolute Gasteiger partial charge is 0.480 e. The fraction of sp³-hybridized carbons (Fsp3) is 0.500. The Bertz CT molecular complexity index is 369. The van der Waals surface area contributed by atoms with E-state index in [9.17, 15) is 4.79 Å². The quantitative estimate of drug-likeness (QED) is 0.787. The van der Waals surface area contributed by atoms with Gasteiger partial charge < -0.3 is 15.8 Å². The summed E-state index contributed by atoms with van der Waals surface area (Å²) in [6.07, 6.45) is 3.74. The van der Waals surface area contributed by atoms with Gasteiger partial charge in [-0.1, -0.05) is 13.3 Å². The summed E-state index contributed by atoms with van der Waals surface area (Å²) in [7, 11) is 1.51. The molecule has 94 valence electrons. The second kappa shape index (κ2) is 6.85. The molecule has 5 nitrogen and oxygen atoms in total. The number of hydrogen-bond donors (Lipinski definition) is 2. The van der Waals surface area contributed by atoms with E-state index in [0.29, 0.717) is 18.0 Å². The van der Waals surface area contributed by atoms with Crippen LogP contribution in [0.1, 0.15) is 26.2 Å². The van der Waals surface area contributed by atoms with Gasteiger partial charge in [0.1, 0.15) is 5.69 Å². The van der Waals surface area contributed by atoms with Gasteiger partial charge in [0.15, 0.2) is 0 Å². The van der Waals surface area contributed by atoms with Crippen molar-refractivity contribution in [3.63, 3.8) is 0 Å². The lowest BCUT2D eigenvalue weighted by Gasteiger charge is -2.11. The summed E-state index contributed by atoms with van der Waals surface area (Å²) in [5.74, 6) is 0.294. The zero-order valence-corrected chi connectivity index (χ0v) is 10.3. The van der Waals surface area contributed by atoms with Crippen LogP contribution in [0, 0.1) is 0 Å². The van der Waals surface area contributed by atoms with Crippen LogP contribution in [0.4, 0.5) is 5.69 Å². The smallest absolute Gasteiger partial charge is 0.237 e. The molecule has 0 aromatic carbocycles. The number of methoxy groups -OCH3 is 1. The number of ether oxygens (including phenoxy) is 1. The van der Waals surface area contributed by atoms with E-state index >= 15 is 0 Å². The Hall–Kier alpha value is -1.62. The highest BCUT2D eigenvalue weighted by molar-refractivity contribution is 5.92. The van der Waals surface area contributed by atoms with Crippen molar-refractivity contribution in [2.24, 2.45) is 5.73 Å². The third-order valence-electron chi connectivity index (χ3n) is 2.35. The molecule has 0 saturated heterocycles. The van der Waals surface area contributed by atoms with Crippen LogP contribution < -0.4 is 15.8 Å². The van der Waals surface area contributed by atoms with E-state index in [-0.39, 0.29) is 11.9 Å². The summed E-state index contributed by atoms with van der Waals surface area (Å²) < 4.78 is 5.04. The molecule has 1 aromatic rings. The average Bonchev–Trinajstić information content (AvgIpc) is 2.29. The van der Waals surface area contributed by atoms with Crippen LogP contribution >= 0.6 is 0 Å². The lowest BCUT2D eigenvalue weighted by atomic mass is 10.1. The maximum atomic E-state index is 11.7. The number of nitrogens with zero attached hydrogens (tertiary/aromatic N) is 1. The molecule has 3 N–H and O–H groups in total. The highest BCUT2D eigenvalue weighted by Gasteiger charge is 2.11. The van der Waals surface area contributed by atoms with Crippen LogP contribution in [0.5, 0.6) is 5.88 Å². The van der Waals surface area contributed by atoms with Crippen molar-refractivity contribution in [1.29, 1.82) is 0 Å². The monoisotopic (exact) mass is 237 g/mol. The fourth-order valence-electron chi connectivity index (χ4n) is 1.56. The van der Waals surface area contributed by atoms with Crippen molar-refractivity contribution < 1.29 is 9.53 Å². The van der Waals surface area contributed by atoms with Crippen molar-refractivity contribution in [2.75, 3.05) is 12.4 Å². The van der Waals surface area contributed by atoms with Crippen LogP contribution in [0.25, 0.3) is 0 Å². The molecule has 1 heterocycles. The maximum Gasteiger partial charge on any atom is 0.237 e. The molecule has 0 aliphatic rings. The molecule has 1 unspecified atom stereocenters. The molecule has 1 atom stereocenters. The normalized spacial score (nSPS) is 11.9. The molecule has 5 heteroatoms. The van der Waals surface area contributed by atoms with Gasteiger partial charge in [0.05, 0.1) is 7.11 Å². The van der Waals surface area contributed by atoms with E-state index in [1.54, 1.807) is 18.3 Å². The minimum absolute atomic E-state index is 0.0948. The van der Waals surface area contributed by atoms with E-state index in [1.807, 2.05) is 6.92 Å². The fourth-order valence-corrected chi connectivity index (χ4v) is 1.56. The Labute approximate surface area is 101 Å². The van der Waals surface area contributed by atoms with Crippen molar-refractivity contribution in [3.8, 4) is 5.88 Å². The predicted molar refractivity (Wildman–Crippen MR) is 66.9 cm³/mol. The summed E-state index contributed by atoms with van der Waals surface area (Å²) in [5.41, 5.74) is 6.37. The number of nitrogens with two attached hydrogens (primary N) is 1. The molecule has 0 aliphatic carbocycles. The maximum absolute atomic E-state index is 11.7. The number of pyridine rings is 1. The van der Waals surface area contributed by atoms with Gasteiger partial charge in [-0.15, -0.1) is 0 Å². The van der Waals surface area contributed by atoms with Gasteiger partial charge in [-0.05, 0) is 18.6 Å². The van der Waals surface area contributed by atoms with E-state index < -0.39 is 0 Å². The topological polar surface area (TPSA) is 77.2 Å². The number of carbonyl (C=O) groups is 1. The number of aromatic nitrogens is 1. The Balaban J connectivity index is 2.55. The second-order valence-corrected chi connectivity index (χ2v) is 3.86. The SMILES string of the molecule is CCCC(N)CC(=O)Nc1cccnc1OC. The van der Waals surface area contributed by atoms with E-state index in [4.69, 9.17) is 10.5 Å². The van der Waals surface area contributed by atoms with Gasteiger partial charge in [0.2, 0.25) is 11.8 Å². The minimum Gasteiger partial charge on any atom is -0.480 e. The third kappa shape index (κ3) is 4.40. The summed E-state index contributed by atoms with van der Waals surface area (Å²) >= 11 is 0. The molecule has 0 radical (unpaired) electrons. The first-order valence-corrected chi connectivity index (χ1v) is 5.71. The van der Waals surface area contributed by atoms with Gasteiger partial charge in [-0.2, -0.15) is 0 Å². The highest BCUT2D eigenvalue weighted by atomic mass is 16.5. The summed E-state index contributed by atoms with van der Waals surface area (Å²) in [6.45, 7) is 2.04. The van der Waals surface area contributed by atoms with Crippen molar-refractivity contribution in [2.45, 2.75) is 32.2 Å². The van der Waals surface area contributed by atoms with Crippen LogP contribution in [0.3, 0.4) is 0 Å². The van der Waals surface area contributed by atoms with Gasteiger partial charge in [-0.25, -0.2) is 4.98 Å². The molecule has 0 bridgehead atoms. The number of anilines is 1. The Morgan fingerprint density at radius 3 is 3.06 bits per heavy atom. The van der Waals surface area contributed by atoms with Gasteiger partial charge >= 0.3 is 0 Å². The van der Waals surface area contributed by atoms with Crippen LogP contribution in [-0.4, -0.2) is 24.0 Å². The standard InChI is InChI=1S/C12H19N3O2/c1-3-5-9(13)8-11(16)15-10-6-4-7-14-12(10)17-2/h4,6-7,9H,3,5,8,13H2,1-2H3,(H,15,16). The number of amides is 1. The number of carbonyl (C=O) groups excluding carboxylic acids is 1. The zero-order valence-electron chi connectivity index (χ0n) is 10.3. The third-order valence-corrected chi connectivity index (χ3v) is 2.35. The molecule has 17 heavy (non-hydrogen) atoms. The van der Waals surface area contributed by atoms with E-state index in [1.165, 1.54) is 7.11 Å². The van der Waals surface area contributed by atoms with E-state index in [0.717, 1.165) is 12.8 Å². The number of nitrogens with one attached hydrogen (secondary N) is 1. The summed E-state index contributed by atoms with van der Waals surface area (Å²) in [6, 6.07) is 3.39. The van der Waals surface area contributed by atoms with Crippen LogP contribution in [0.2, 0.25) is 0 Å². The molecule has 0 fully saturated rings. The van der Waals surface area contributed by atoms with Crippen molar-refractivity contribution in [3.05, 3.63) is 18.3 Å². The zero-order chi connectivity index (χ0) is 12.7. The molecular formula is C12H19N3O2. The highest BCUT2D eigenvalue weighted by Crippen LogP contribution is 2.19. The second-order valence-electron chi connectivity index (χ2n) is 3.86. The lowest BCUT2D eigenvalue weighted by molar-refractivity contribution is -0.116. The molecule has 1 amide bonds. The molecule has 1 aromatic heterocycles.